The van der Waals surface area contributed by atoms with Gasteiger partial charge in [-0.1, -0.05) is 12.1 Å². The van der Waals surface area contributed by atoms with Crippen molar-refractivity contribution in [1.29, 1.82) is 0 Å². The van der Waals surface area contributed by atoms with Crippen LogP contribution in [0.4, 0.5) is 0 Å². The maximum Gasteiger partial charge on any atom is 0.121 e. The highest BCUT2D eigenvalue weighted by Crippen LogP contribution is 2.25. The highest BCUT2D eigenvalue weighted by atomic mass is 16.5. The van der Waals surface area contributed by atoms with Gasteiger partial charge in [0.1, 0.15) is 5.75 Å². The van der Waals surface area contributed by atoms with Gasteiger partial charge in [0.2, 0.25) is 0 Å². The lowest BCUT2D eigenvalue weighted by atomic mass is 9.83. The Morgan fingerprint density at radius 1 is 1.32 bits per heavy atom. The molecule has 3 heteroatoms. The molecule has 0 atom stereocenters. The molecule has 1 aromatic rings. The van der Waals surface area contributed by atoms with E-state index >= 15 is 0 Å². The van der Waals surface area contributed by atoms with Gasteiger partial charge in [-0.15, -0.1) is 0 Å². The molecule has 1 aliphatic rings. The molecular formula is C16H26N2O. The van der Waals surface area contributed by atoms with Crippen LogP contribution in [0.15, 0.2) is 18.2 Å². The van der Waals surface area contributed by atoms with Gasteiger partial charge in [0.25, 0.3) is 0 Å². The number of aryl methyl sites for hydroxylation is 2. The maximum absolute atomic E-state index is 6.51. The van der Waals surface area contributed by atoms with Crippen LogP contribution < -0.4 is 10.5 Å². The summed E-state index contributed by atoms with van der Waals surface area (Å²) in [6.45, 7) is 4.34. The predicted octanol–water partition coefficient (Wildman–Crippen LogP) is 2.36. The monoisotopic (exact) mass is 262 g/mol. The minimum atomic E-state index is 0.0281. The van der Waals surface area contributed by atoms with E-state index in [0.717, 1.165) is 44.5 Å². The smallest absolute Gasteiger partial charge is 0.121 e. The molecule has 1 aliphatic heterocycles. The van der Waals surface area contributed by atoms with Gasteiger partial charge in [0.05, 0.1) is 7.11 Å². The molecule has 0 aromatic heterocycles. The Kier molecular flexibility index (Phi) is 4.48. The van der Waals surface area contributed by atoms with Crippen molar-refractivity contribution in [3.05, 3.63) is 29.3 Å². The highest BCUT2D eigenvalue weighted by molar-refractivity contribution is 5.36. The average Bonchev–Trinajstić information content (AvgIpc) is 2.41. The molecule has 0 spiro atoms. The first-order valence-corrected chi connectivity index (χ1v) is 7.13. The fourth-order valence-electron chi connectivity index (χ4n) is 2.80. The SMILES string of the molecule is COc1ccc(CCC2(N)CCN(C)CC2)cc1C. The van der Waals surface area contributed by atoms with Crippen molar-refractivity contribution in [2.24, 2.45) is 5.73 Å². The molecule has 0 saturated carbocycles. The van der Waals surface area contributed by atoms with Gasteiger partial charge in [0, 0.05) is 5.54 Å². The second kappa shape index (κ2) is 5.93. The number of hydrogen-bond acceptors (Lipinski definition) is 3. The molecule has 19 heavy (non-hydrogen) atoms. The van der Waals surface area contributed by atoms with E-state index in [4.69, 9.17) is 10.5 Å². The molecule has 1 aromatic carbocycles. The van der Waals surface area contributed by atoms with E-state index in [1.54, 1.807) is 7.11 Å². The largest absolute Gasteiger partial charge is 0.496 e. The predicted molar refractivity (Wildman–Crippen MR) is 79.7 cm³/mol. The lowest BCUT2D eigenvalue weighted by Crippen LogP contribution is -2.49. The molecule has 0 bridgehead atoms. The van der Waals surface area contributed by atoms with E-state index in [2.05, 4.69) is 37.1 Å². The molecule has 2 N–H and O–H groups in total. The summed E-state index contributed by atoms with van der Waals surface area (Å²) in [5.74, 6) is 0.963. The van der Waals surface area contributed by atoms with Gasteiger partial charge in [0.15, 0.2) is 0 Å². The second-order valence-electron chi connectivity index (χ2n) is 5.97. The van der Waals surface area contributed by atoms with E-state index < -0.39 is 0 Å². The van der Waals surface area contributed by atoms with Gasteiger partial charge in [-0.05, 0) is 69.9 Å². The molecule has 1 saturated heterocycles. The van der Waals surface area contributed by atoms with Crippen LogP contribution in [0, 0.1) is 6.92 Å². The van der Waals surface area contributed by atoms with Gasteiger partial charge < -0.3 is 15.4 Å². The van der Waals surface area contributed by atoms with Crippen LogP contribution in [0.1, 0.15) is 30.4 Å². The summed E-state index contributed by atoms with van der Waals surface area (Å²) in [6, 6.07) is 6.43. The van der Waals surface area contributed by atoms with Crippen molar-refractivity contribution in [1.82, 2.24) is 4.90 Å². The first kappa shape index (κ1) is 14.4. The highest BCUT2D eigenvalue weighted by Gasteiger charge is 2.28. The minimum Gasteiger partial charge on any atom is -0.496 e. The topological polar surface area (TPSA) is 38.5 Å². The van der Waals surface area contributed by atoms with Gasteiger partial charge >= 0.3 is 0 Å². The van der Waals surface area contributed by atoms with Crippen LogP contribution >= 0.6 is 0 Å². The third-order valence-electron chi connectivity index (χ3n) is 4.35. The second-order valence-corrected chi connectivity index (χ2v) is 5.97. The Labute approximate surface area is 116 Å². The first-order chi connectivity index (χ1) is 9.02. The van der Waals surface area contributed by atoms with Crippen LogP contribution in [0.3, 0.4) is 0 Å². The summed E-state index contributed by atoms with van der Waals surface area (Å²) in [5, 5.41) is 0. The number of nitrogens with two attached hydrogens (primary N) is 1. The summed E-state index contributed by atoms with van der Waals surface area (Å²) in [6.07, 6.45) is 4.36. The van der Waals surface area contributed by atoms with Crippen molar-refractivity contribution < 1.29 is 4.74 Å². The number of methoxy groups -OCH3 is 1. The van der Waals surface area contributed by atoms with Gasteiger partial charge in [-0.25, -0.2) is 0 Å². The molecular weight excluding hydrogens is 236 g/mol. The zero-order valence-corrected chi connectivity index (χ0v) is 12.4. The van der Waals surface area contributed by atoms with Gasteiger partial charge in [-0.3, -0.25) is 0 Å². The van der Waals surface area contributed by atoms with Crippen LogP contribution in [-0.4, -0.2) is 37.7 Å². The number of rotatable bonds is 4. The van der Waals surface area contributed by atoms with Crippen molar-refractivity contribution in [3.8, 4) is 5.75 Å². The summed E-state index contributed by atoms with van der Waals surface area (Å²) < 4.78 is 5.30. The third-order valence-corrected chi connectivity index (χ3v) is 4.35. The molecule has 2 rings (SSSR count). The lowest BCUT2D eigenvalue weighted by Gasteiger charge is -2.37. The number of likely N-dealkylation sites (tertiary alicyclic amines) is 1. The molecule has 106 valence electrons. The maximum atomic E-state index is 6.51. The standard InChI is InChI=1S/C16H26N2O/c1-13-12-14(4-5-15(13)19-3)6-7-16(17)8-10-18(2)11-9-16/h4-5,12H,6-11,17H2,1-3H3. The molecule has 0 aliphatic carbocycles. The van der Waals surface area contributed by atoms with Crippen LogP contribution in [-0.2, 0) is 6.42 Å². The van der Waals surface area contributed by atoms with Gasteiger partial charge in [-0.2, -0.15) is 0 Å². The van der Waals surface area contributed by atoms with E-state index in [1.807, 2.05) is 0 Å². The zero-order chi connectivity index (χ0) is 13.9. The normalized spacial score (nSPS) is 19.4. The first-order valence-electron chi connectivity index (χ1n) is 7.13. The number of nitrogens with zero attached hydrogens (tertiary/aromatic N) is 1. The van der Waals surface area contributed by atoms with Crippen LogP contribution in [0.25, 0.3) is 0 Å². The van der Waals surface area contributed by atoms with Crippen LogP contribution in [0.5, 0.6) is 5.75 Å². The van der Waals surface area contributed by atoms with Crippen molar-refractivity contribution in [2.45, 2.75) is 38.1 Å². The Bertz CT molecular complexity index is 423. The summed E-state index contributed by atoms with van der Waals surface area (Å²) in [7, 11) is 3.89. The molecule has 0 unspecified atom stereocenters. The van der Waals surface area contributed by atoms with Crippen molar-refractivity contribution >= 4 is 0 Å². The lowest BCUT2D eigenvalue weighted by molar-refractivity contribution is 0.182. The number of piperidine rings is 1. The van der Waals surface area contributed by atoms with E-state index in [-0.39, 0.29) is 5.54 Å². The number of hydrogen-bond donors (Lipinski definition) is 1. The quantitative estimate of drug-likeness (QED) is 0.905. The molecule has 0 amide bonds. The number of benzene rings is 1. The minimum absolute atomic E-state index is 0.0281. The molecule has 3 nitrogen and oxygen atoms in total. The van der Waals surface area contributed by atoms with E-state index in [1.165, 1.54) is 11.1 Å². The molecule has 1 fully saturated rings. The van der Waals surface area contributed by atoms with Crippen LogP contribution in [0.2, 0.25) is 0 Å². The Hall–Kier alpha value is -1.06. The van der Waals surface area contributed by atoms with E-state index in [9.17, 15) is 0 Å². The third kappa shape index (κ3) is 3.71. The van der Waals surface area contributed by atoms with E-state index in [0.29, 0.717) is 0 Å². The molecule has 1 heterocycles. The number of ether oxygens (including phenoxy) is 1. The summed E-state index contributed by atoms with van der Waals surface area (Å²) in [5.41, 5.74) is 9.11. The summed E-state index contributed by atoms with van der Waals surface area (Å²) >= 11 is 0. The Morgan fingerprint density at radius 3 is 2.58 bits per heavy atom. The van der Waals surface area contributed by atoms with Crippen molar-refractivity contribution in [3.63, 3.8) is 0 Å². The fourth-order valence-corrected chi connectivity index (χ4v) is 2.80. The molecule has 0 radical (unpaired) electrons. The fraction of sp³-hybridized carbons (Fsp3) is 0.625. The zero-order valence-electron chi connectivity index (χ0n) is 12.4. The average molecular weight is 262 g/mol. The summed E-state index contributed by atoms with van der Waals surface area (Å²) in [4.78, 5) is 2.36. The Morgan fingerprint density at radius 2 is 2.00 bits per heavy atom. The van der Waals surface area contributed by atoms with Crippen molar-refractivity contribution in [2.75, 3.05) is 27.2 Å². The Balaban J connectivity index is 1.93.